The first-order chi connectivity index (χ1) is 8.20. The van der Waals surface area contributed by atoms with E-state index in [2.05, 4.69) is 26.0 Å². The average molecular weight is 246 g/mol. The molecule has 0 bridgehead atoms. The van der Waals surface area contributed by atoms with E-state index < -0.39 is 0 Å². The van der Waals surface area contributed by atoms with Crippen LogP contribution in [0.5, 0.6) is 0 Å². The lowest BCUT2D eigenvalue weighted by Crippen LogP contribution is -2.01. The predicted octanol–water partition coefficient (Wildman–Crippen LogP) is 3.47. The molecule has 2 rings (SSSR count). The number of thiazole rings is 1. The molecule has 17 heavy (non-hydrogen) atoms. The van der Waals surface area contributed by atoms with Crippen molar-refractivity contribution in [3.8, 4) is 10.6 Å². The summed E-state index contributed by atoms with van der Waals surface area (Å²) in [5.41, 5.74) is 8.14. The molecule has 0 radical (unpaired) electrons. The fourth-order valence-electron chi connectivity index (χ4n) is 1.79. The van der Waals surface area contributed by atoms with E-state index in [4.69, 9.17) is 10.7 Å². The van der Waals surface area contributed by atoms with Crippen molar-refractivity contribution in [1.29, 1.82) is 0 Å². The fourth-order valence-corrected chi connectivity index (χ4v) is 2.77. The Morgan fingerprint density at radius 1 is 1.24 bits per heavy atom. The maximum atomic E-state index is 5.79. The Morgan fingerprint density at radius 2 is 1.94 bits per heavy atom. The van der Waals surface area contributed by atoms with Crippen molar-refractivity contribution in [3.05, 3.63) is 40.9 Å². The third kappa shape index (κ3) is 2.93. The van der Waals surface area contributed by atoms with Gasteiger partial charge in [-0.25, -0.2) is 4.98 Å². The SMILES string of the molecule is CC(C)Cc1nc(-c2ccccc2)sc1CN. The van der Waals surface area contributed by atoms with Crippen LogP contribution < -0.4 is 5.73 Å². The molecule has 0 fully saturated rings. The van der Waals surface area contributed by atoms with Crippen molar-refractivity contribution in [2.45, 2.75) is 26.8 Å². The summed E-state index contributed by atoms with van der Waals surface area (Å²) in [5.74, 6) is 0.617. The van der Waals surface area contributed by atoms with Gasteiger partial charge >= 0.3 is 0 Å². The molecule has 0 aliphatic heterocycles. The third-order valence-corrected chi connectivity index (χ3v) is 3.76. The highest BCUT2D eigenvalue weighted by Crippen LogP contribution is 2.28. The van der Waals surface area contributed by atoms with Crippen LogP contribution in [0, 0.1) is 5.92 Å². The summed E-state index contributed by atoms with van der Waals surface area (Å²) in [6.07, 6.45) is 1.01. The van der Waals surface area contributed by atoms with E-state index in [1.165, 1.54) is 16.1 Å². The van der Waals surface area contributed by atoms with Crippen LogP contribution in [0.25, 0.3) is 10.6 Å². The van der Waals surface area contributed by atoms with Gasteiger partial charge in [0.2, 0.25) is 0 Å². The van der Waals surface area contributed by atoms with E-state index in [0.29, 0.717) is 12.5 Å². The zero-order valence-electron chi connectivity index (χ0n) is 10.3. The zero-order valence-corrected chi connectivity index (χ0v) is 11.1. The topological polar surface area (TPSA) is 38.9 Å². The highest BCUT2D eigenvalue weighted by Gasteiger charge is 2.12. The van der Waals surface area contributed by atoms with Crippen LogP contribution in [-0.4, -0.2) is 4.98 Å². The molecular formula is C14H18N2S. The van der Waals surface area contributed by atoms with Gasteiger partial charge in [0, 0.05) is 17.0 Å². The molecule has 0 spiro atoms. The van der Waals surface area contributed by atoms with Gasteiger partial charge in [-0.2, -0.15) is 0 Å². The van der Waals surface area contributed by atoms with Gasteiger partial charge in [-0.15, -0.1) is 11.3 Å². The number of nitrogens with two attached hydrogens (primary N) is 1. The number of rotatable bonds is 4. The lowest BCUT2D eigenvalue weighted by molar-refractivity contribution is 0.634. The minimum Gasteiger partial charge on any atom is -0.326 e. The van der Waals surface area contributed by atoms with Crippen molar-refractivity contribution >= 4 is 11.3 Å². The van der Waals surface area contributed by atoms with E-state index in [9.17, 15) is 0 Å². The van der Waals surface area contributed by atoms with Gasteiger partial charge in [0.25, 0.3) is 0 Å². The van der Waals surface area contributed by atoms with Crippen LogP contribution in [0.1, 0.15) is 24.4 Å². The van der Waals surface area contributed by atoms with E-state index in [1.54, 1.807) is 11.3 Å². The zero-order chi connectivity index (χ0) is 12.3. The first kappa shape index (κ1) is 12.3. The Hall–Kier alpha value is -1.19. The number of hydrogen-bond donors (Lipinski definition) is 1. The maximum absolute atomic E-state index is 5.79. The quantitative estimate of drug-likeness (QED) is 0.897. The number of benzene rings is 1. The van der Waals surface area contributed by atoms with Crippen LogP contribution in [-0.2, 0) is 13.0 Å². The lowest BCUT2D eigenvalue weighted by Gasteiger charge is -2.02. The summed E-state index contributed by atoms with van der Waals surface area (Å²) in [6.45, 7) is 5.01. The van der Waals surface area contributed by atoms with Crippen LogP contribution in [0.4, 0.5) is 0 Å². The summed E-state index contributed by atoms with van der Waals surface area (Å²) >= 11 is 1.72. The molecule has 0 aliphatic carbocycles. The maximum Gasteiger partial charge on any atom is 0.123 e. The first-order valence-electron chi connectivity index (χ1n) is 5.94. The molecule has 0 saturated heterocycles. The summed E-state index contributed by atoms with van der Waals surface area (Å²) in [7, 11) is 0. The molecule has 3 heteroatoms. The minimum absolute atomic E-state index is 0.590. The van der Waals surface area contributed by atoms with Gasteiger partial charge in [0.1, 0.15) is 5.01 Å². The molecule has 0 saturated carbocycles. The van der Waals surface area contributed by atoms with Crippen molar-refractivity contribution in [1.82, 2.24) is 4.98 Å². The van der Waals surface area contributed by atoms with Gasteiger partial charge in [-0.3, -0.25) is 0 Å². The molecule has 0 atom stereocenters. The second-order valence-electron chi connectivity index (χ2n) is 4.56. The summed E-state index contributed by atoms with van der Waals surface area (Å²) in [6, 6.07) is 10.3. The van der Waals surface area contributed by atoms with Crippen LogP contribution in [0.3, 0.4) is 0 Å². The smallest absolute Gasteiger partial charge is 0.123 e. The van der Waals surface area contributed by atoms with E-state index in [-0.39, 0.29) is 0 Å². The Morgan fingerprint density at radius 3 is 2.53 bits per heavy atom. The van der Waals surface area contributed by atoms with E-state index in [1.807, 2.05) is 18.2 Å². The predicted molar refractivity (Wildman–Crippen MR) is 74.0 cm³/mol. The second kappa shape index (κ2) is 5.43. The monoisotopic (exact) mass is 246 g/mol. The van der Waals surface area contributed by atoms with Crippen LogP contribution in [0.2, 0.25) is 0 Å². The fraction of sp³-hybridized carbons (Fsp3) is 0.357. The molecule has 2 aromatic rings. The summed E-state index contributed by atoms with van der Waals surface area (Å²) in [5, 5.41) is 1.08. The minimum atomic E-state index is 0.590. The Balaban J connectivity index is 2.34. The lowest BCUT2D eigenvalue weighted by atomic mass is 10.1. The van der Waals surface area contributed by atoms with Gasteiger partial charge in [-0.05, 0) is 12.3 Å². The number of hydrogen-bond acceptors (Lipinski definition) is 3. The number of aromatic nitrogens is 1. The molecule has 2 nitrogen and oxygen atoms in total. The van der Waals surface area contributed by atoms with Gasteiger partial charge in [-0.1, -0.05) is 44.2 Å². The van der Waals surface area contributed by atoms with Gasteiger partial charge < -0.3 is 5.73 Å². The van der Waals surface area contributed by atoms with Gasteiger partial charge in [0.05, 0.1) is 5.69 Å². The average Bonchev–Trinajstić information content (AvgIpc) is 2.72. The number of nitrogens with zero attached hydrogens (tertiary/aromatic N) is 1. The van der Waals surface area contributed by atoms with Crippen molar-refractivity contribution in [2.24, 2.45) is 11.7 Å². The van der Waals surface area contributed by atoms with E-state index in [0.717, 1.165) is 11.4 Å². The molecule has 0 amide bonds. The summed E-state index contributed by atoms with van der Waals surface area (Å²) < 4.78 is 0. The molecule has 1 aromatic heterocycles. The highest BCUT2D eigenvalue weighted by atomic mass is 32.1. The molecule has 2 N–H and O–H groups in total. The normalized spacial score (nSPS) is 11.1. The largest absolute Gasteiger partial charge is 0.326 e. The first-order valence-corrected chi connectivity index (χ1v) is 6.76. The molecule has 0 aliphatic rings. The third-order valence-electron chi connectivity index (χ3n) is 2.59. The standard InChI is InChI=1S/C14H18N2S/c1-10(2)8-12-13(9-15)17-14(16-12)11-6-4-3-5-7-11/h3-7,10H,8-9,15H2,1-2H3. The van der Waals surface area contributed by atoms with Crippen molar-refractivity contribution in [3.63, 3.8) is 0 Å². The molecular weight excluding hydrogens is 228 g/mol. The van der Waals surface area contributed by atoms with Crippen LogP contribution in [0.15, 0.2) is 30.3 Å². The molecule has 0 unspecified atom stereocenters. The van der Waals surface area contributed by atoms with Crippen LogP contribution >= 0.6 is 11.3 Å². The highest BCUT2D eigenvalue weighted by molar-refractivity contribution is 7.15. The second-order valence-corrected chi connectivity index (χ2v) is 5.64. The van der Waals surface area contributed by atoms with Crippen molar-refractivity contribution in [2.75, 3.05) is 0 Å². The molecule has 90 valence electrons. The van der Waals surface area contributed by atoms with E-state index >= 15 is 0 Å². The molecule has 1 aromatic carbocycles. The summed E-state index contributed by atoms with van der Waals surface area (Å²) in [4.78, 5) is 5.95. The molecule has 1 heterocycles. The Kier molecular flexibility index (Phi) is 3.92. The van der Waals surface area contributed by atoms with Gasteiger partial charge in [0.15, 0.2) is 0 Å². The Labute approximate surface area is 107 Å². The Bertz CT molecular complexity index is 474. The van der Waals surface area contributed by atoms with Crippen molar-refractivity contribution < 1.29 is 0 Å².